The molecule has 0 amide bonds. The van der Waals surface area contributed by atoms with Gasteiger partial charge in [-0.1, -0.05) is 19.4 Å². The Labute approximate surface area is 103 Å². The molecule has 0 bridgehead atoms. The highest BCUT2D eigenvalue weighted by Crippen LogP contribution is 2.18. The predicted molar refractivity (Wildman–Crippen MR) is 69.6 cm³/mol. The van der Waals surface area contributed by atoms with E-state index in [-0.39, 0.29) is 12.6 Å². The highest BCUT2D eigenvalue weighted by molar-refractivity contribution is 5.14. The van der Waals surface area contributed by atoms with E-state index >= 15 is 0 Å². The van der Waals surface area contributed by atoms with E-state index in [0.29, 0.717) is 13.1 Å². The van der Waals surface area contributed by atoms with Crippen LogP contribution < -0.4 is 5.73 Å². The van der Waals surface area contributed by atoms with Crippen LogP contribution in [0.25, 0.3) is 0 Å². The minimum Gasteiger partial charge on any atom is -0.395 e. The lowest BCUT2D eigenvalue weighted by Gasteiger charge is -2.30. The van der Waals surface area contributed by atoms with Crippen LogP contribution in [0.4, 0.5) is 0 Å². The van der Waals surface area contributed by atoms with E-state index in [4.69, 9.17) is 10.8 Å². The Morgan fingerprint density at radius 1 is 1.47 bits per heavy atom. The number of pyridine rings is 1. The maximum absolute atomic E-state index is 9.13. The van der Waals surface area contributed by atoms with Gasteiger partial charge in [-0.3, -0.25) is 9.88 Å². The minimum absolute atomic E-state index is 0.155. The molecule has 1 aromatic rings. The SMILES string of the molecule is CCCCN(CCO)C(CN)c1cccnc1. The summed E-state index contributed by atoms with van der Waals surface area (Å²) in [4.78, 5) is 6.37. The van der Waals surface area contributed by atoms with Crippen LogP contribution in [0.3, 0.4) is 0 Å². The first-order valence-electron chi connectivity index (χ1n) is 6.28. The van der Waals surface area contributed by atoms with Crippen molar-refractivity contribution in [3.05, 3.63) is 30.1 Å². The molecule has 4 heteroatoms. The zero-order valence-electron chi connectivity index (χ0n) is 10.5. The van der Waals surface area contributed by atoms with E-state index in [0.717, 1.165) is 24.9 Å². The lowest BCUT2D eigenvalue weighted by molar-refractivity contribution is 0.151. The number of nitrogens with two attached hydrogens (primary N) is 1. The Morgan fingerprint density at radius 2 is 2.29 bits per heavy atom. The van der Waals surface area contributed by atoms with Crippen molar-refractivity contribution in [3.63, 3.8) is 0 Å². The van der Waals surface area contributed by atoms with Crippen LogP contribution in [0.1, 0.15) is 31.4 Å². The van der Waals surface area contributed by atoms with Crippen LogP contribution in [-0.2, 0) is 0 Å². The molecule has 1 unspecified atom stereocenters. The van der Waals surface area contributed by atoms with Crippen LogP contribution in [-0.4, -0.2) is 41.2 Å². The van der Waals surface area contributed by atoms with E-state index in [1.807, 2.05) is 18.3 Å². The Bertz CT molecular complexity index is 292. The van der Waals surface area contributed by atoms with Crippen LogP contribution in [0.2, 0.25) is 0 Å². The van der Waals surface area contributed by atoms with Crippen molar-refractivity contribution in [2.75, 3.05) is 26.2 Å². The molecule has 0 aliphatic rings. The van der Waals surface area contributed by atoms with Gasteiger partial charge in [0.1, 0.15) is 0 Å². The Kier molecular flexibility index (Phi) is 6.77. The third-order valence-electron chi connectivity index (χ3n) is 2.92. The van der Waals surface area contributed by atoms with Gasteiger partial charge < -0.3 is 10.8 Å². The first-order valence-corrected chi connectivity index (χ1v) is 6.28. The highest BCUT2D eigenvalue weighted by atomic mass is 16.3. The molecule has 0 aliphatic heterocycles. The number of rotatable bonds is 8. The van der Waals surface area contributed by atoms with Crippen molar-refractivity contribution in [1.82, 2.24) is 9.88 Å². The van der Waals surface area contributed by atoms with Crippen molar-refractivity contribution in [3.8, 4) is 0 Å². The zero-order chi connectivity index (χ0) is 12.5. The van der Waals surface area contributed by atoms with Crippen LogP contribution in [0, 0.1) is 0 Å². The third-order valence-corrected chi connectivity index (χ3v) is 2.92. The topological polar surface area (TPSA) is 62.4 Å². The van der Waals surface area contributed by atoms with Gasteiger partial charge in [0.2, 0.25) is 0 Å². The van der Waals surface area contributed by atoms with Gasteiger partial charge in [0.25, 0.3) is 0 Å². The summed E-state index contributed by atoms with van der Waals surface area (Å²) in [6.45, 7) is 4.51. The molecule has 0 spiro atoms. The molecular formula is C13H23N3O. The summed E-state index contributed by atoms with van der Waals surface area (Å²) in [5.41, 5.74) is 6.98. The van der Waals surface area contributed by atoms with Gasteiger partial charge in [0.05, 0.1) is 6.61 Å². The van der Waals surface area contributed by atoms with E-state index in [2.05, 4.69) is 16.8 Å². The quantitative estimate of drug-likeness (QED) is 0.712. The van der Waals surface area contributed by atoms with Crippen LogP contribution in [0.15, 0.2) is 24.5 Å². The molecule has 1 atom stereocenters. The second-order valence-corrected chi connectivity index (χ2v) is 4.15. The number of aromatic nitrogens is 1. The number of hydrogen-bond acceptors (Lipinski definition) is 4. The van der Waals surface area contributed by atoms with E-state index in [1.165, 1.54) is 0 Å². The smallest absolute Gasteiger partial charge is 0.0558 e. The molecule has 4 nitrogen and oxygen atoms in total. The number of aliphatic hydroxyl groups excluding tert-OH is 1. The van der Waals surface area contributed by atoms with Crippen molar-refractivity contribution in [1.29, 1.82) is 0 Å². The Balaban J connectivity index is 2.73. The molecule has 0 radical (unpaired) electrons. The molecule has 0 saturated heterocycles. The minimum atomic E-state index is 0.155. The molecule has 0 fully saturated rings. The molecule has 3 N–H and O–H groups in total. The van der Waals surface area contributed by atoms with Gasteiger partial charge in [-0.15, -0.1) is 0 Å². The van der Waals surface area contributed by atoms with Gasteiger partial charge in [-0.05, 0) is 24.6 Å². The largest absolute Gasteiger partial charge is 0.395 e. The molecular weight excluding hydrogens is 214 g/mol. The second kappa shape index (κ2) is 8.17. The average molecular weight is 237 g/mol. The summed E-state index contributed by atoms with van der Waals surface area (Å²) in [6.07, 6.45) is 5.89. The highest BCUT2D eigenvalue weighted by Gasteiger charge is 2.17. The van der Waals surface area contributed by atoms with Gasteiger partial charge in [-0.25, -0.2) is 0 Å². The lowest BCUT2D eigenvalue weighted by atomic mass is 10.1. The first-order chi connectivity index (χ1) is 8.33. The lowest BCUT2D eigenvalue weighted by Crippen LogP contribution is -2.36. The summed E-state index contributed by atoms with van der Waals surface area (Å²) >= 11 is 0. The van der Waals surface area contributed by atoms with Crippen LogP contribution in [0.5, 0.6) is 0 Å². The van der Waals surface area contributed by atoms with Gasteiger partial charge in [0, 0.05) is 31.5 Å². The first kappa shape index (κ1) is 14.1. The summed E-state index contributed by atoms with van der Waals surface area (Å²) < 4.78 is 0. The van der Waals surface area contributed by atoms with E-state index in [9.17, 15) is 0 Å². The number of unbranched alkanes of at least 4 members (excludes halogenated alkanes) is 1. The predicted octanol–water partition coefficient (Wildman–Crippen LogP) is 1.18. The average Bonchev–Trinajstić information content (AvgIpc) is 2.38. The van der Waals surface area contributed by atoms with Crippen molar-refractivity contribution in [2.45, 2.75) is 25.8 Å². The molecule has 1 aromatic heterocycles. The number of aliphatic hydroxyl groups is 1. The van der Waals surface area contributed by atoms with Gasteiger partial charge in [-0.2, -0.15) is 0 Å². The molecule has 0 aliphatic carbocycles. The number of hydrogen-bond donors (Lipinski definition) is 2. The van der Waals surface area contributed by atoms with Crippen molar-refractivity contribution >= 4 is 0 Å². The molecule has 0 aromatic carbocycles. The summed E-state index contributed by atoms with van der Waals surface area (Å²) in [5.74, 6) is 0. The molecule has 1 rings (SSSR count). The molecule has 17 heavy (non-hydrogen) atoms. The standard InChI is InChI=1S/C13H23N3O/c1-2-3-7-16(8-9-17)13(10-14)12-5-4-6-15-11-12/h4-6,11,13,17H,2-3,7-10,14H2,1H3. The second-order valence-electron chi connectivity index (χ2n) is 4.15. The molecule has 0 saturated carbocycles. The number of nitrogens with zero attached hydrogens (tertiary/aromatic N) is 2. The van der Waals surface area contributed by atoms with E-state index < -0.39 is 0 Å². The van der Waals surface area contributed by atoms with Crippen molar-refractivity contribution in [2.24, 2.45) is 5.73 Å². The van der Waals surface area contributed by atoms with Gasteiger partial charge >= 0.3 is 0 Å². The van der Waals surface area contributed by atoms with Crippen LogP contribution >= 0.6 is 0 Å². The summed E-state index contributed by atoms with van der Waals surface area (Å²) in [6, 6.07) is 4.12. The van der Waals surface area contributed by atoms with E-state index in [1.54, 1.807) is 6.20 Å². The van der Waals surface area contributed by atoms with Gasteiger partial charge in [0.15, 0.2) is 0 Å². The normalized spacial score (nSPS) is 12.9. The summed E-state index contributed by atoms with van der Waals surface area (Å²) in [5, 5.41) is 9.13. The third kappa shape index (κ3) is 4.42. The Hall–Kier alpha value is -0.970. The Morgan fingerprint density at radius 3 is 2.82 bits per heavy atom. The fraction of sp³-hybridized carbons (Fsp3) is 0.615. The molecule has 1 heterocycles. The monoisotopic (exact) mass is 237 g/mol. The van der Waals surface area contributed by atoms with Crippen molar-refractivity contribution < 1.29 is 5.11 Å². The molecule has 96 valence electrons. The maximum Gasteiger partial charge on any atom is 0.0558 e. The fourth-order valence-corrected chi connectivity index (χ4v) is 1.98. The fourth-order valence-electron chi connectivity index (χ4n) is 1.98. The maximum atomic E-state index is 9.13. The zero-order valence-corrected chi connectivity index (χ0v) is 10.5. The summed E-state index contributed by atoms with van der Waals surface area (Å²) in [7, 11) is 0.